The van der Waals surface area contributed by atoms with Crippen molar-refractivity contribution >= 4 is 23.1 Å². The number of hydrogen-bond acceptors (Lipinski definition) is 8. The summed E-state index contributed by atoms with van der Waals surface area (Å²) in [6.45, 7) is -0.0612. The van der Waals surface area contributed by atoms with E-state index in [1.807, 2.05) is 0 Å². The Morgan fingerprint density at radius 2 is 1.91 bits per heavy atom. The third kappa shape index (κ3) is 3.96. The zero-order valence-electron chi connectivity index (χ0n) is 18.3. The Morgan fingerprint density at radius 3 is 2.56 bits per heavy atom. The van der Waals surface area contributed by atoms with Gasteiger partial charge in [0, 0.05) is 23.3 Å². The number of carbonyl (C=O) groups excluding carboxylic acids is 2. The number of nitrogens with zero attached hydrogens (tertiary/aromatic N) is 2. The molecule has 1 aliphatic heterocycles. The van der Waals surface area contributed by atoms with Crippen molar-refractivity contribution in [3.63, 3.8) is 0 Å². The number of likely N-dealkylation sites (tertiary alicyclic amines) is 1. The molecule has 1 aromatic heterocycles. The van der Waals surface area contributed by atoms with Crippen molar-refractivity contribution < 1.29 is 33.5 Å². The number of ether oxygens (including phenoxy) is 2. The lowest BCUT2D eigenvalue weighted by Gasteiger charge is -2.26. The Morgan fingerprint density at radius 1 is 1.12 bits per heavy atom. The van der Waals surface area contributed by atoms with Crippen LogP contribution in [-0.4, -0.2) is 40.8 Å². The Labute approximate surface area is 193 Å². The summed E-state index contributed by atoms with van der Waals surface area (Å²) in [4.78, 5) is 38.1. The largest absolute Gasteiger partial charge is 0.507 e. The molecule has 1 saturated heterocycles. The van der Waals surface area contributed by atoms with Crippen LogP contribution in [0.2, 0.25) is 0 Å². The van der Waals surface area contributed by atoms with Crippen LogP contribution < -0.4 is 9.47 Å². The van der Waals surface area contributed by atoms with E-state index in [9.17, 15) is 24.8 Å². The van der Waals surface area contributed by atoms with Crippen LogP contribution >= 0.6 is 0 Å². The van der Waals surface area contributed by atoms with Crippen molar-refractivity contribution in [2.24, 2.45) is 0 Å². The Bertz CT molecular complexity index is 1300. The van der Waals surface area contributed by atoms with Gasteiger partial charge in [-0.3, -0.25) is 19.7 Å². The first-order valence-electron chi connectivity index (χ1n) is 10.1. The maximum absolute atomic E-state index is 13.2. The molecule has 4 rings (SSSR count). The highest BCUT2D eigenvalue weighted by Crippen LogP contribution is 2.44. The number of nitro groups is 1. The van der Waals surface area contributed by atoms with Gasteiger partial charge in [-0.15, -0.1) is 0 Å². The third-order valence-corrected chi connectivity index (χ3v) is 5.51. The number of furan rings is 1. The highest BCUT2D eigenvalue weighted by Gasteiger charge is 2.47. The minimum absolute atomic E-state index is 0.0251. The zero-order valence-corrected chi connectivity index (χ0v) is 18.3. The predicted octanol–water partition coefficient (Wildman–Crippen LogP) is 3.83. The molecule has 2 aromatic carbocycles. The van der Waals surface area contributed by atoms with Gasteiger partial charge in [-0.25, -0.2) is 0 Å². The van der Waals surface area contributed by atoms with E-state index in [4.69, 9.17) is 13.9 Å². The van der Waals surface area contributed by atoms with E-state index >= 15 is 0 Å². The van der Waals surface area contributed by atoms with Crippen LogP contribution in [0.25, 0.3) is 5.76 Å². The number of benzene rings is 2. The highest BCUT2D eigenvalue weighted by atomic mass is 16.6. The number of ketones is 1. The maximum atomic E-state index is 13.2. The van der Waals surface area contributed by atoms with E-state index in [1.165, 1.54) is 43.6 Å². The molecule has 0 radical (unpaired) electrons. The number of aliphatic hydroxyl groups excluding tert-OH is 1. The summed E-state index contributed by atoms with van der Waals surface area (Å²) in [6.07, 6.45) is 1.44. The molecule has 10 heteroatoms. The van der Waals surface area contributed by atoms with Crippen LogP contribution in [0.15, 0.2) is 70.9 Å². The lowest BCUT2D eigenvalue weighted by Crippen LogP contribution is -2.29. The Kier molecular flexibility index (Phi) is 6.05. The average Bonchev–Trinajstić information content (AvgIpc) is 3.45. The lowest BCUT2D eigenvalue weighted by atomic mass is 9.94. The molecule has 3 aromatic rings. The molecule has 0 spiro atoms. The van der Waals surface area contributed by atoms with E-state index in [2.05, 4.69) is 0 Å². The van der Waals surface area contributed by atoms with Crippen molar-refractivity contribution in [1.29, 1.82) is 0 Å². The molecule has 1 N–H and O–H groups in total. The molecule has 2 heterocycles. The van der Waals surface area contributed by atoms with Crippen LogP contribution in [0, 0.1) is 10.1 Å². The monoisotopic (exact) mass is 464 g/mol. The van der Waals surface area contributed by atoms with Crippen molar-refractivity contribution in [3.05, 3.63) is 93.4 Å². The SMILES string of the molecule is COc1ccc(OC)c(C2/C(=C(\O)c3cccc([N+](=O)[O-])c3)C(=O)C(=O)N2Cc2ccco2)c1. The second-order valence-electron chi connectivity index (χ2n) is 7.42. The van der Waals surface area contributed by atoms with E-state index in [0.717, 1.165) is 6.07 Å². The fraction of sp³-hybridized carbons (Fsp3) is 0.167. The molecule has 1 amide bonds. The van der Waals surface area contributed by atoms with E-state index in [1.54, 1.807) is 30.3 Å². The van der Waals surface area contributed by atoms with Crippen LogP contribution in [0.4, 0.5) is 5.69 Å². The number of hydrogen-bond donors (Lipinski definition) is 1. The highest BCUT2D eigenvalue weighted by molar-refractivity contribution is 6.46. The van der Waals surface area contributed by atoms with Gasteiger partial charge in [0.05, 0.1) is 43.6 Å². The lowest BCUT2D eigenvalue weighted by molar-refractivity contribution is -0.384. The van der Waals surface area contributed by atoms with Crippen molar-refractivity contribution in [2.45, 2.75) is 12.6 Å². The topological polar surface area (TPSA) is 132 Å². The van der Waals surface area contributed by atoms with Gasteiger partial charge in [-0.1, -0.05) is 12.1 Å². The van der Waals surface area contributed by atoms with Crippen molar-refractivity contribution in [1.82, 2.24) is 4.90 Å². The molecular weight excluding hydrogens is 444 g/mol. The number of carbonyl (C=O) groups is 2. The van der Waals surface area contributed by atoms with E-state index < -0.39 is 28.4 Å². The smallest absolute Gasteiger partial charge is 0.296 e. The van der Waals surface area contributed by atoms with Gasteiger partial charge in [0.25, 0.3) is 17.4 Å². The minimum Gasteiger partial charge on any atom is -0.507 e. The summed E-state index contributed by atoms with van der Waals surface area (Å²) in [7, 11) is 2.90. The first-order chi connectivity index (χ1) is 16.3. The number of non-ortho nitro benzene ring substituents is 1. The maximum Gasteiger partial charge on any atom is 0.296 e. The third-order valence-electron chi connectivity index (χ3n) is 5.51. The number of Topliss-reactive ketones (excluding diaryl/α,β-unsaturated/α-hetero) is 1. The van der Waals surface area contributed by atoms with Gasteiger partial charge in [-0.05, 0) is 30.3 Å². The first-order valence-corrected chi connectivity index (χ1v) is 10.1. The fourth-order valence-electron chi connectivity index (χ4n) is 3.91. The molecule has 34 heavy (non-hydrogen) atoms. The standard InChI is InChI=1S/C24H20N2O8/c1-32-16-8-9-19(33-2)18(12-16)21-20(22(27)14-5-3-6-15(11-14)26(30)31)23(28)24(29)25(21)13-17-7-4-10-34-17/h3-12,21,27H,13H2,1-2H3/b22-20+. The zero-order chi connectivity index (χ0) is 24.4. The summed E-state index contributed by atoms with van der Waals surface area (Å²) < 4.78 is 16.2. The fourth-order valence-corrected chi connectivity index (χ4v) is 3.91. The molecule has 1 aliphatic rings. The predicted molar refractivity (Wildman–Crippen MR) is 119 cm³/mol. The Balaban J connectivity index is 1.95. The molecular formula is C24H20N2O8. The molecule has 1 unspecified atom stereocenters. The van der Waals surface area contributed by atoms with Crippen molar-refractivity contribution in [3.8, 4) is 11.5 Å². The van der Waals surface area contributed by atoms with E-state index in [-0.39, 0.29) is 23.4 Å². The molecule has 0 saturated carbocycles. The molecule has 0 bridgehead atoms. The van der Waals surface area contributed by atoms with Crippen LogP contribution in [0.3, 0.4) is 0 Å². The number of amides is 1. The molecule has 1 fully saturated rings. The number of aliphatic hydroxyl groups is 1. The van der Waals surface area contributed by atoms with Gasteiger partial charge < -0.3 is 23.9 Å². The summed E-state index contributed by atoms with van der Waals surface area (Å²) >= 11 is 0. The average molecular weight is 464 g/mol. The van der Waals surface area contributed by atoms with Gasteiger partial charge in [-0.2, -0.15) is 0 Å². The number of methoxy groups -OCH3 is 2. The second-order valence-corrected chi connectivity index (χ2v) is 7.42. The number of rotatable bonds is 7. The second kappa shape index (κ2) is 9.10. The Hall–Kier alpha value is -4.60. The van der Waals surface area contributed by atoms with Gasteiger partial charge in [0.2, 0.25) is 0 Å². The summed E-state index contributed by atoms with van der Waals surface area (Å²) in [5.41, 5.74) is -0.0929. The van der Waals surface area contributed by atoms with Gasteiger partial charge >= 0.3 is 0 Å². The van der Waals surface area contributed by atoms with Crippen LogP contribution in [0.1, 0.15) is 22.9 Å². The minimum atomic E-state index is -1.07. The molecule has 10 nitrogen and oxygen atoms in total. The normalized spacial score (nSPS) is 17.1. The van der Waals surface area contributed by atoms with Crippen LogP contribution in [-0.2, 0) is 16.1 Å². The van der Waals surface area contributed by atoms with E-state index in [0.29, 0.717) is 22.8 Å². The molecule has 1 atom stereocenters. The molecule has 174 valence electrons. The summed E-state index contributed by atoms with van der Waals surface area (Å²) in [6, 6.07) is 12.3. The van der Waals surface area contributed by atoms with Gasteiger partial charge in [0.1, 0.15) is 23.0 Å². The van der Waals surface area contributed by atoms with Crippen molar-refractivity contribution in [2.75, 3.05) is 14.2 Å². The molecule has 0 aliphatic carbocycles. The van der Waals surface area contributed by atoms with Crippen LogP contribution in [0.5, 0.6) is 11.5 Å². The first kappa shape index (κ1) is 22.6. The van der Waals surface area contributed by atoms with Gasteiger partial charge in [0.15, 0.2) is 0 Å². The summed E-state index contributed by atoms with van der Waals surface area (Å²) in [5.74, 6) is -1.14. The summed E-state index contributed by atoms with van der Waals surface area (Å²) in [5, 5.41) is 22.4. The number of nitro benzene ring substituents is 1. The quantitative estimate of drug-likeness (QED) is 0.183.